The molecular weight excluding hydrogens is 1730 g/mol. The highest BCUT2D eigenvalue weighted by molar-refractivity contribution is 14.1. The summed E-state index contributed by atoms with van der Waals surface area (Å²) in [5.74, 6) is -5.64. The van der Waals surface area contributed by atoms with Crippen LogP contribution in [0.5, 0.6) is 0 Å². The molecule has 0 spiro atoms. The molecule has 3 amide bonds. The number of hydrogen-bond donors (Lipinski definition) is 4. The maximum Gasteiger partial charge on any atom is 0.494 e. The molecule has 99 heavy (non-hydrogen) atoms. The van der Waals surface area contributed by atoms with Crippen LogP contribution in [0.4, 0.5) is 28.9 Å². The zero-order chi connectivity index (χ0) is 72.7. The number of benzene rings is 8. The van der Waals surface area contributed by atoms with Crippen LogP contribution in [0.3, 0.4) is 0 Å². The van der Waals surface area contributed by atoms with Gasteiger partial charge in [0.1, 0.15) is 49.4 Å². The van der Waals surface area contributed by atoms with E-state index in [1.807, 2.05) is 121 Å². The van der Waals surface area contributed by atoms with Gasteiger partial charge in [0.25, 0.3) is 11.8 Å². The van der Waals surface area contributed by atoms with Gasteiger partial charge in [-0.2, -0.15) is 0 Å². The number of ether oxygens (including phenoxy) is 2. The second-order valence-electron chi connectivity index (χ2n) is 22.7. The molecule has 0 aliphatic carbocycles. The minimum atomic E-state index is -0.906. The molecule has 1 aliphatic rings. The largest absolute Gasteiger partial charge is 0.494 e. The molecule has 0 unspecified atom stereocenters. The Bertz CT molecular complexity index is 4230. The first-order valence-corrected chi connectivity index (χ1v) is 37.1. The lowest BCUT2D eigenvalue weighted by Gasteiger charge is -2.32. The SMILES string of the molecule is CC1(C)OB(c2ccc(NC(=O)c3c(F)cccc3F)cc2)OC1(C)C.CCOC(CBr)OCC.Cc1ccc(-c2nccs2)cc1-c1ccc(NC(=O)c2c(F)cccc2F)cc1.Cc1ccc(-c2nccs2)cc1I.Cc1ccc(C(N)=O)cc1I.Cc1ccc(C(N)=S)cc1I. The van der Waals surface area contributed by atoms with Gasteiger partial charge >= 0.3 is 7.12 Å². The second kappa shape index (κ2) is 39.2. The number of aromatic nitrogens is 2. The highest BCUT2D eigenvalue weighted by Gasteiger charge is 2.51. The maximum atomic E-state index is 13.8. The van der Waals surface area contributed by atoms with E-state index in [2.05, 4.69) is 142 Å². The first-order chi connectivity index (χ1) is 47.0. The molecule has 6 N–H and O–H groups in total. The second-order valence-corrected chi connectivity index (χ2v) is 29.1. The van der Waals surface area contributed by atoms with Crippen LogP contribution in [0.15, 0.2) is 181 Å². The Labute approximate surface area is 638 Å². The van der Waals surface area contributed by atoms with E-state index >= 15 is 0 Å². The number of nitrogens with zero attached hydrogens (tertiary/aromatic N) is 2. The number of nitrogens with two attached hydrogens (primary N) is 2. The van der Waals surface area contributed by atoms with Crippen molar-refractivity contribution < 1.29 is 50.7 Å². The smallest absolute Gasteiger partial charge is 0.399 e. The fourth-order valence-corrected chi connectivity index (χ4v) is 12.1. The molecule has 0 saturated carbocycles. The van der Waals surface area contributed by atoms with Gasteiger partial charge in [0, 0.05) is 80.7 Å². The van der Waals surface area contributed by atoms with Crippen molar-refractivity contribution in [2.45, 2.75) is 86.7 Å². The predicted octanol–water partition coefficient (Wildman–Crippen LogP) is 19.3. The molecule has 0 atom stereocenters. The van der Waals surface area contributed by atoms with Gasteiger partial charge in [-0.25, -0.2) is 27.5 Å². The van der Waals surface area contributed by atoms with Crippen LogP contribution in [-0.4, -0.2) is 75.8 Å². The van der Waals surface area contributed by atoms with Crippen molar-refractivity contribution in [3.63, 3.8) is 0 Å². The zero-order valence-corrected chi connectivity index (χ0v) is 66.3. The van der Waals surface area contributed by atoms with Gasteiger partial charge in [0.15, 0.2) is 6.29 Å². The van der Waals surface area contributed by atoms with Gasteiger partial charge in [-0.15, -0.1) is 22.7 Å². The summed E-state index contributed by atoms with van der Waals surface area (Å²) in [5.41, 5.74) is 20.7. The van der Waals surface area contributed by atoms with Crippen molar-refractivity contribution >= 4 is 165 Å². The number of nitrogens with one attached hydrogen (secondary N) is 2. The number of halogens is 8. The minimum Gasteiger partial charge on any atom is -0.399 e. The molecule has 1 aliphatic heterocycles. The third-order valence-corrected chi connectivity index (χ3v) is 20.9. The monoisotopic (exact) mass is 1800 g/mol. The van der Waals surface area contributed by atoms with Crippen LogP contribution in [0.1, 0.15) is 100 Å². The Balaban J connectivity index is 0.000000199. The molecular formula is C74H73BBrF4I3N6O7S3. The number of carbonyl (C=O) groups is 3. The zero-order valence-electron chi connectivity index (χ0n) is 55.8. The lowest BCUT2D eigenvalue weighted by atomic mass is 9.79. The highest BCUT2D eigenvalue weighted by atomic mass is 127. The predicted molar refractivity (Wildman–Crippen MR) is 427 cm³/mol. The Morgan fingerprint density at radius 3 is 1.33 bits per heavy atom. The number of alkyl halides is 1. The molecule has 2 aromatic heterocycles. The summed E-state index contributed by atoms with van der Waals surface area (Å²) >= 11 is 18.2. The molecule has 25 heteroatoms. The average molecular weight is 1800 g/mol. The van der Waals surface area contributed by atoms with Crippen LogP contribution in [0.2, 0.25) is 0 Å². The van der Waals surface area contributed by atoms with Crippen LogP contribution in [0, 0.1) is 61.7 Å². The molecule has 1 saturated heterocycles. The lowest BCUT2D eigenvalue weighted by molar-refractivity contribution is -0.119. The molecule has 3 heterocycles. The topological polar surface area (TPSA) is 190 Å². The summed E-state index contributed by atoms with van der Waals surface area (Å²) in [6.45, 7) is 21.4. The standard InChI is InChI=1S/C23H16F2N2OS.C19H20BF2NO3.C10H8INS.C8H8INO.C8H8INS.C6H13BrO2/c1-14-5-6-16(23-26-11-12-29-23)13-18(14)15-7-9-17(10-8-15)27-22(28)21-19(24)3-2-4-20(21)25;1-18(2)19(3,4)26-20(25-18)12-8-10-13(11-9-12)23-17(24)16-14(21)6-5-7-15(16)22;1-7-2-3-8(6-9(7)11)10-12-4-5-13-10;2*1-5-2-3-6(8(10)11)4-7(5)9;1-3-8-6(5-7)9-4-2/h2-13H,1H3,(H,27,28);5-11H,1-4H3,(H,23,24);2-6H,1H3;2*2-4H,1H3,(H2,10,11);6H,3-5H2,1-2H3. The number of anilines is 2. The summed E-state index contributed by atoms with van der Waals surface area (Å²) in [7, 11) is -0.520. The average Bonchev–Trinajstić information content (AvgIpc) is 1.65. The Morgan fingerprint density at radius 1 is 0.566 bits per heavy atom. The number of rotatable bonds is 15. The van der Waals surface area contributed by atoms with Gasteiger partial charge in [-0.1, -0.05) is 107 Å². The minimum absolute atomic E-state index is 0.0694. The normalized spacial score (nSPS) is 12.3. The molecule has 8 aromatic carbocycles. The van der Waals surface area contributed by atoms with Crippen molar-refractivity contribution in [3.8, 4) is 32.3 Å². The molecule has 11 rings (SSSR count). The van der Waals surface area contributed by atoms with Crippen molar-refractivity contribution in [3.05, 3.63) is 259 Å². The van der Waals surface area contributed by atoms with Gasteiger partial charge in [0.2, 0.25) is 5.91 Å². The summed E-state index contributed by atoms with van der Waals surface area (Å²) in [6, 6.07) is 44.5. The van der Waals surface area contributed by atoms with E-state index in [-0.39, 0.29) is 12.2 Å². The molecule has 0 radical (unpaired) electrons. The van der Waals surface area contributed by atoms with Crippen molar-refractivity contribution in [1.82, 2.24) is 9.97 Å². The van der Waals surface area contributed by atoms with Crippen molar-refractivity contribution in [1.29, 1.82) is 0 Å². The van der Waals surface area contributed by atoms with Crippen molar-refractivity contribution in [2.75, 3.05) is 29.2 Å². The van der Waals surface area contributed by atoms with Gasteiger partial charge in [0.05, 0.1) is 16.5 Å². The molecule has 0 bridgehead atoms. The maximum absolute atomic E-state index is 13.8. The number of aryl methyl sites for hydroxylation is 4. The Morgan fingerprint density at radius 2 is 0.949 bits per heavy atom. The Kier molecular flexibility index (Phi) is 32.3. The number of thiazole rings is 2. The fourth-order valence-electron chi connectivity index (χ4n) is 8.78. The van der Waals surface area contributed by atoms with Gasteiger partial charge < -0.3 is 40.9 Å². The molecule has 518 valence electrons. The third-order valence-electron chi connectivity index (χ3n) is 15.0. The van der Waals surface area contributed by atoms with E-state index in [1.54, 1.807) is 77.4 Å². The van der Waals surface area contributed by atoms with E-state index in [4.69, 9.17) is 42.5 Å². The lowest BCUT2D eigenvalue weighted by Crippen LogP contribution is -2.41. The van der Waals surface area contributed by atoms with Crippen LogP contribution in [-0.2, 0) is 18.8 Å². The van der Waals surface area contributed by atoms with E-state index in [0.29, 0.717) is 35.1 Å². The Hall–Kier alpha value is -6.39. The number of hydrogen-bond acceptors (Lipinski definition) is 12. The summed E-state index contributed by atoms with van der Waals surface area (Å²) < 4.78 is 80.8. The van der Waals surface area contributed by atoms with Crippen LogP contribution in [0.25, 0.3) is 32.3 Å². The van der Waals surface area contributed by atoms with Crippen LogP contribution < -0.4 is 27.6 Å². The fraction of sp³-hybridized carbons (Fsp3) is 0.216. The number of primary amides is 1. The molecule has 13 nitrogen and oxygen atoms in total. The van der Waals surface area contributed by atoms with Crippen LogP contribution >= 0.6 is 119 Å². The van der Waals surface area contributed by atoms with E-state index in [9.17, 15) is 31.9 Å². The number of carbonyl (C=O) groups excluding carboxylic acids is 3. The summed E-state index contributed by atoms with van der Waals surface area (Å²) in [5, 5.41) is 11.8. The first kappa shape index (κ1) is 81.6. The quantitative estimate of drug-likeness (QED) is 0.0191. The molecule has 10 aromatic rings. The number of amides is 3. The first-order valence-electron chi connectivity index (χ1n) is 30.6. The summed E-state index contributed by atoms with van der Waals surface area (Å²) in [6.07, 6.45) is 3.54. The van der Waals surface area contributed by atoms with Crippen molar-refractivity contribution in [2.24, 2.45) is 11.5 Å². The van der Waals surface area contributed by atoms with E-state index in [1.165, 1.54) is 36.0 Å². The number of thiocarbonyl (C=S) groups is 1. The van der Waals surface area contributed by atoms with E-state index in [0.717, 1.165) is 82.0 Å². The summed E-state index contributed by atoms with van der Waals surface area (Å²) in [4.78, 5) is 44.1. The van der Waals surface area contributed by atoms with Gasteiger partial charge in [-0.05, 0) is 255 Å². The highest BCUT2D eigenvalue weighted by Crippen LogP contribution is 2.37. The molecule has 1 fully saturated rings. The van der Waals surface area contributed by atoms with E-state index < -0.39 is 64.5 Å². The third kappa shape index (κ3) is 24.1. The van der Waals surface area contributed by atoms with Gasteiger partial charge in [-0.3, -0.25) is 14.4 Å².